The largest absolute Gasteiger partial charge is 0.392 e. The fourth-order valence-corrected chi connectivity index (χ4v) is 3.10. The second kappa shape index (κ2) is 4.89. The molecule has 1 saturated heterocycles. The Labute approximate surface area is 107 Å². The van der Waals surface area contributed by atoms with Gasteiger partial charge in [-0.3, -0.25) is 4.79 Å². The minimum absolute atomic E-state index is 0.0975. The zero-order valence-electron chi connectivity index (χ0n) is 10.0. The lowest BCUT2D eigenvalue weighted by atomic mass is 9.91. The summed E-state index contributed by atoms with van der Waals surface area (Å²) in [6.07, 6.45) is 0.920. The average Bonchev–Trinajstić information content (AvgIpc) is 2.20. The highest BCUT2D eigenvalue weighted by molar-refractivity contribution is 7.91. The minimum atomic E-state index is -2.91. The quantitative estimate of drug-likeness (QED) is 0.709. The van der Waals surface area contributed by atoms with Gasteiger partial charge in [0.25, 0.3) is 0 Å². The summed E-state index contributed by atoms with van der Waals surface area (Å²) < 4.78 is 22.5. The minimum Gasteiger partial charge on any atom is -0.392 e. The third-order valence-electron chi connectivity index (χ3n) is 3.07. The zero-order chi connectivity index (χ0) is 13.3. The number of amides is 1. The van der Waals surface area contributed by atoms with E-state index in [1.807, 2.05) is 0 Å². The molecule has 0 bridgehead atoms. The molecule has 0 aromatic rings. The Hall–Kier alpha value is -0.690. The van der Waals surface area contributed by atoms with Crippen molar-refractivity contribution in [3.05, 3.63) is 0 Å². The van der Waals surface area contributed by atoms with Crippen LogP contribution in [-0.2, 0) is 14.6 Å². The Morgan fingerprint density at radius 1 is 1.35 bits per heavy atom. The van der Waals surface area contributed by atoms with E-state index in [1.54, 1.807) is 13.8 Å². The van der Waals surface area contributed by atoms with Crippen LogP contribution >= 0.6 is 12.2 Å². The van der Waals surface area contributed by atoms with Gasteiger partial charge in [0.2, 0.25) is 5.91 Å². The van der Waals surface area contributed by atoms with Crippen molar-refractivity contribution < 1.29 is 13.2 Å². The molecule has 17 heavy (non-hydrogen) atoms. The van der Waals surface area contributed by atoms with Gasteiger partial charge in [-0.05, 0) is 26.7 Å². The van der Waals surface area contributed by atoms with Crippen molar-refractivity contribution in [3.63, 3.8) is 0 Å². The fourth-order valence-electron chi connectivity index (χ4n) is 1.51. The smallest absolute Gasteiger partial charge is 0.232 e. The molecule has 98 valence electrons. The number of carbonyl (C=O) groups is 1. The summed E-state index contributed by atoms with van der Waals surface area (Å²) in [6, 6.07) is -0.0975. The molecule has 1 aliphatic rings. The Morgan fingerprint density at radius 3 is 2.24 bits per heavy atom. The van der Waals surface area contributed by atoms with Crippen LogP contribution in [-0.4, -0.2) is 36.9 Å². The molecule has 7 heteroatoms. The van der Waals surface area contributed by atoms with Gasteiger partial charge in [-0.2, -0.15) is 0 Å². The van der Waals surface area contributed by atoms with Gasteiger partial charge < -0.3 is 11.1 Å². The second-order valence-corrected chi connectivity index (χ2v) is 7.63. The summed E-state index contributed by atoms with van der Waals surface area (Å²) in [5.74, 6) is 0.0194. The first-order valence-corrected chi connectivity index (χ1v) is 7.69. The molecule has 0 unspecified atom stereocenters. The normalized spacial score (nSPS) is 20.8. The van der Waals surface area contributed by atoms with E-state index in [4.69, 9.17) is 18.0 Å². The SMILES string of the molecule is CC(C)(C(=O)NC1CCS(=O)(=O)CC1)C(N)=S. The van der Waals surface area contributed by atoms with Gasteiger partial charge in [0.1, 0.15) is 9.84 Å². The lowest BCUT2D eigenvalue weighted by molar-refractivity contribution is -0.127. The van der Waals surface area contributed by atoms with Crippen LogP contribution in [0.3, 0.4) is 0 Å². The van der Waals surface area contributed by atoms with Crippen LogP contribution in [0.2, 0.25) is 0 Å². The number of rotatable bonds is 3. The van der Waals surface area contributed by atoms with Crippen LogP contribution in [0.1, 0.15) is 26.7 Å². The Balaban J connectivity index is 2.57. The van der Waals surface area contributed by atoms with Crippen LogP contribution in [0.4, 0.5) is 0 Å². The molecular formula is C10H18N2O3S2. The molecule has 0 radical (unpaired) electrons. The van der Waals surface area contributed by atoms with Crippen molar-refractivity contribution in [1.82, 2.24) is 5.32 Å². The number of nitrogens with two attached hydrogens (primary N) is 1. The molecule has 1 heterocycles. The summed E-state index contributed by atoms with van der Waals surface area (Å²) in [6.45, 7) is 3.31. The van der Waals surface area contributed by atoms with E-state index < -0.39 is 15.3 Å². The number of carbonyl (C=O) groups excluding carboxylic acids is 1. The number of hydrogen-bond donors (Lipinski definition) is 2. The number of sulfone groups is 1. The van der Waals surface area contributed by atoms with Crippen molar-refractivity contribution in [3.8, 4) is 0 Å². The van der Waals surface area contributed by atoms with E-state index in [0.717, 1.165) is 0 Å². The Morgan fingerprint density at radius 2 is 1.82 bits per heavy atom. The average molecular weight is 278 g/mol. The zero-order valence-corrected chi connectivity index (χ0v) is 11.7. The van der Waals surface area contributed by atoms with Crippen molar-refractivity contribution in [1.29, 1.82) is 0 Å². The van der Waals surface area contributed by atoms with E-state index in [-0.39, 0.29) is 28.4 Å². The van der Waals surface area contributed by atoms with Crippen LogP contribution in [0, 0.1) is 5.41 Å². The number of hydrogen-bond acceptors (Lipinski definition) is 4. The first-order chi connectivity index (χ1) is 7.65. The van der Waals surface area contributed by atoms with E-state index in [2.05, 4.69) is 5.32 Å². The summed E-state index contributed by atoms with van der Waals surface area (Å²) in [4.78, 5) is 12.0. The monoisotopic (exact) mass is 278 g/mol. The van der Waals surface area contributed by atoms with E-state index >= 15 is 0 Å². The molecule has 0 aliphatic carbocycles. The van der Waals surface area contributed by atoms with Crippen LogP contribution in [0.5, 0.6) is 0 Å². The number of nitrogens with one attached hydrogen (secondary N) is 1. The standard InChI is InChI=1S/C10H18N2O3S2/c1-10(2,8(11)16)9(13)12-7-3-5-17(14,15)6-4-7/h7H,3-6H2,1-2H3,(H2,11,16)(H,12,13). The molecule has 0 saturated carbocycles. The molecule has 1 fully saturated rings. The van der Waals surface area contributed by atoms with Gasteiger partial charge in [-0.1, -0.05) is 12.2 Å². The van der Waals surface area contributed by atoms with E-state index in [9.17, 15) is 13.2 Å². The first kappa shape index (κ1) is 14.4. The van der Waals surface area contributed by atoms with E-state index in [0.29, 0.717) is 12.8 Å². The molecule has 0 spiro atoms. The highest BCUT2D eigenvalue weighted by atomic mass is 32.2. The lowest BCUT2D eigenvalue weighted by Gasteiger charge is -2.28. The predicted molar refractivity (Wildman–Crippen MR) is 70.4 cm³/mol. The maximum atomic E-state index is 11.9. The third-order valence-corrected chi connectivity index (χ3v) is 5.30. The van der Waals surface area contributed by atoms with Gasteiger partial charge in [-0.25, -0.2) is 8.42 Å². The topological polar surface area (TPSA) is 89.3 Å². The van der Waals surface area contributed by atoms with Gasteiger partial charge in [0, 0.05) is 6.04 Å². The summed E-state index contributed by atoms with van der Waals surface area (Å²) in [5.41, 5.74) is 4.60. The summed E-state index contributed by atoms with van der Waals surface area (Å²) in [5, 5.41) is 2.81. The molecule has 0 atom stereocenters. The molecular weight excluding hydrogens is 260 g/mol. The van der Waals surface area contributed by atoms with Gasteiger partial charge in [0.05, 0.1) is 21.9 Å². The maximum Gasteiger partial charge on any atom is 0.232 e. The van der Waals surface area contributed by atoms with Crippen molar-refractivity contribution in [2.45, 2.75) is 32.7 Å². The highest BCUT2D eigenvalue weighted by Crippen LogP contribution is 2.18. The van der Waals surface area contributed by atoms with Crippen molar-refractivity contribution >= 4 is 33.0 Å². The number of thiocarbonyl (C=S) groups is 1. The van der Waals surface area contributed by atoms with Gasteiger partial charge in [-0.15, -0.1) is 0 Å². The van der Waals surface area contributed by atoms with E-state index in [1.165, 1.54) is 0 Å². The lowest BCUT2D eigenvalue weighted by Crippen LogP contribution is -2.50. The maximum absolute atomic E-state index is 11.9. The fraction of sp³-hybridized carbons (Fsp3) is 0.800. The molecule has 1 amide bonds. The Bertz CT molecular complexity index is 415. The molecule has 3 N–H and O–H groups in total. The van der Waals surface area contributed by atoms with Gasteiger partial charge >= 0.3 is 0 Å². The molecule has 5 nitrogen and oxygen atoms in total. The molecule has 1 aliphatic heterocycles. The third kappa shape index (κ3) is 3.64. The predicted octanol–water partition coefficient (Wildman–Crippen LogP) is -0.00790. The van der Waals surface area contributed by atoms with Crippen molar-refractivity contribution in [2.75, 3.05) is 11.5 Å². The summed E-state index contributed by atoms with van der Waals surface area (Å²) >= 11 is 4.83. The second-order valence-electron chi connectivity index (χ2n) is 4.89. The highest BCUT2D eigenvalue weighted by Gasteiger charge is 2.33. The first-order valence-electron chi connectivity index (χ1n) is 5.46. The summed E-state index contributed by atoms with van der Waals surface area (Å²) in [7, 11) is -2.91. The van der Waals surface area contributed by atoms with Gasteiger partial charge in [0.15, 0.2) is 0 Å². The van der Waals surface area contributed by atoms with Crippen LogP contribution in [0.15, 0.2) is 0 Å². The molecule has 0 aromatic carbocycles. The Kier molecular flexibility index (Phi) is 4.14. The van der Waals surface area contributed by atoms with Crippen molar-refractivity contribution in [2.24, 2.45) is 11.1 Å². The molecule has 0 aromatic heterocycles. The van der Waals surface area contributed by atoms with Crippen LogP contribution < -0.4 is 11.1 Å². The molecule has 1 rings (SSSR count). The van der Waals surface area contributed by atoms with Crippen LogP contribution in [0.25, 0.3) is 0 Å².